The summed E-state index contributed by atoms with van der Waals surface area (Å²) in [6.45, 7) is 2.26. The molecule has 0 fully saturated rings. The third kappa shape index (κ3) is 10.1. The van der Waals surface area contributed by atoms with Crippen molar-refractivity contribution in [2.75, 3.05) is 0 Å². The fraction of sp³-hybridized carbons (Fsp3) is 0.515. The van der Waals surface area contributed by atoms with Crippen molar-refractivity contribution >= 4 is 16.9 Å². The molecular formula is C33H44O6. The van der Waals surface area contributed by atoms with Crippen LogP contribution in [-0.4, -0.2) is 16.2 Å². The Kier molecular flexibility index (Phi) is 12.9. The van der Waals surface area contributed by atoms with Gasteiger partial charge in [0.25, 0.3) is 0 Å². The van der Waals surface area contributed by atoms with E-state index in [0.29, 0.717) is 17.7 Å². The molecule has 1 heterocycles. The number of fused-ring (bicyclic) bond motifs is 1. The Bertz CT molecular complexity index is 1210. The Morgan fingerprint density at radius 2 is 1.31 bits per heavy atom. The summed E-state index contributed by atoms with van der Waals surface area (Å²) >= 11 is 0. The van der Waals surface area contributed by atoms with E-state index in [-0.39, 0.29) is 34.0 Å². The number of ether oxygens (including phenoxy) is 1. The van der Waals surface area contributed by atoms with E-state index in [1.54, 1.807) is 24.3 Å². The summed E-state index contributed by atoms with van der Waals surface area (Å²) in [5.41, 5.74) is 0.525. The molecule has 0 aliphatic rings. The maximum atomic E-state index is 12.9. The van der Waals surface area contributed by atoms with Crippen molar-refractivity contribution in [2.24, 2.45) is 0 Å². The van der Waals surface area contributed by atoms with Crippen LogP contribution in [-0.2, 0) is 4.79 Å². The van der Waals surface area contributed by atoms with Crippen LogP contribution in [0.4, 0.5) is 0 Å². The quantitative estimate of drug-likeness (QED) is 0.0956. The molecular weight excluding hydrogens is 492 g/mol. The molecule has 0 bridgehead atoms. The van der Waals surface area contributed by atoms with E-state index in [2.05, 4.69) is 6.92 Å². The monoisotopic (exact) mass is 536 g/mol. The molecule has 0 saturated heterocycles. The fourth-order valence-corrected chi connectivity index (χ4v) is 4.94. The second-order valence-corrected chi connectivity index (χ2v) is 10.5. The molecule has 0 radical (unpaired) electrons. The minimum atomic E-state index is -0.410. The number of rotatable bonds is 18. The van der Waals surface area contributed by atoms with Crippen LogP contribution in [0.3, 0.4) is 0 Å². The SMILES string of the molecule is CCCCCCCCCCCCCCCCCC(=O)Oc1ccc(-c2coc3cc(O)cc(O)c3c2=O)cc1. The van der Waals surface area contributed by atoms with E-state index in [0.717, 1.165) is 25.3 Å². The van der Waals surface area contributed by atoms with Crippen LogP contribution in [0, 0.1) is 0 Å². The average Bonchev–Trinajstić information content (AvgIpc) is 2.91. The van der Waals surface area contributed by atoms with Gasteiger partial charge < -0.3 is 19.4 Å². The lowest BCUT2D eigenvalue weighted by molar-refractivity contribution is -0.134. The van der Waals surface area contributed by atoms with Gasteiger partial charge in [-0.15, -0.1) is 0 Å². The number of hydrogen-bond acceptors (Lipinski definition) is 6. The van der Waals surface area contributed by atoms with Gasteiger partial charge in [0.1, 0.15) is 34.5 Å². The topological polar surface area (TPSA) is 97.0 Å². The highest BCUT2D eigenvalue weighted by Crippen LogP contribution is 2.30. The summed E-state index contributed by atoms with van der Waals surface area (Å²) in [5, 5.41) is 19.7. The number of esters is 1. The third-order valence-corrected chi connectivity index (χ3v) is 7.22. The summed E-state index contributed by atoms with van der Waals surface area (Å²) in [6.07, 6.45) is 20.9. The van der Waals surface area contributed by atoms with Crippen LogP contribution < -0.4 is 10.2 Å². The predicted octanol–water partition coefficient (Wildman–Crippen LogP) is 9.04. The van der Waals surface area contributed by atoms with Gasteiger partial charge in [0.15, 0.2) is 0 Å². The molecule has 0 atom stereocenters. The number of aromatic hydroxyl groups is 2. The average molecular weight is 537 g/mol. The van der Waals surface area contributed by atoms with E-state index in [4.69, 9.17) is 9.15 Å². The van der Waals surface area contributed by atoms with Crippen molar-refractivity contribution in [3.63, 3.8) is 0 Å². The molecule has 3 rings (SSSR count). The van der Waals surface area contributed by atoms with Crippen molar-refractivity contribution in [3.8, 4) is 28.4 Å². The lowest BCUT2D eigenvalue weighted by atomic mass is 10.0. The van der Waals surface area contributed by atoms with Gasteiger partial charge in [-0.05, 0) is 24.1 Å². The van der Waals surface area contributed by atoms with Crippen LogP contribution in [0.2, 0.25) is 0 Å². The fourth-order valence-electron chi connectivity index (χ4n) is 4.94. The Hall–Kier alpha value is -3.28. The normalized spacial score (nSPS) is 11.2. The zero-order chi connectivity index (χ0) is 27.9. The molecule has 0 spiro atoms. The predicted molar refractivity (Wildman–Crippen MR) is 156 cm³/mol. The maximum Gasteiger partial charge on any atom is 0.311 e. The van der Waals surface area contributed by atoms with Gasteiger partial charge in [0, 0.05) is 18.6 Å². The molecule has 0 amide bonds. The van der Waals surface area contributed by atoms with E-state index in [1.165, 1.54) is 89.4 Å². The molecule has 212 valence electrons. The summed E-state index contributed by atoms with van der Waals surface area (Å²) < 4.78 is 10.9. The largest absolute Gasteiger partial charge is 0.508 e. The van der Waals surface area contributed by atoms with E-state index >= 15 is 0 Å². The first-order chi connectivity index (χ1) is 19.0. The summed E-state index contributed by atoms with van der Waals surface area (Å²) in [7, 11) is 0. The van der Waals surface area contributed by atoms with Gasteiger partial charge in [0.05, 0.1) is 5.56 Å². The number of hydrogen-bond donors (Lipinski definition) is 2. The molecule has 2 aromatic carbocycles. The van der Waals surface area contributed by atoms with E-state index in [9.17, 15) is 19.8 Å². The summed E-state index contributed by atoms with van der Waals surface area (Å²) in [5.74, 6) is -0.369. The standard InChI is InChI=1S/C33H44O6/c1-2-3-4-5-6-7-8-9-10-11-12-13-14-15-16-17-31(36)39-27-20-18-25(19-21-27)28-24-38-30-23-26(34)22-29(35)32(30)33(28)37/h18-24,34-35H,2-17H2,1H3. The number of phenolic OH excluding ortho intramolecular Hbond substituents is 2. The molecule has 6 nitrogen and oxygen atoms in total. The third-order valence-electron chi connectivity index (χ3n) is 7.22. The van der Waals surface area contributed by atoms with Crippen molar-refractivity contribution in [1.29, 1.82) is 0 Å². The van der Waals surface area contributed by atoms with Crippen LogP contribution in [0.5, 0.6) is 17.2 Å². The number of carbonyl (C=O) groups is 1. The van der Waals surface area contributed by atoms with Crippen molar-refractivity contribution < 1.29 is 24.2 Å². The molecule has 2 N–H and O–H groups in total. The zero-order valence-electron chi connectivity index (χ0n) is 23.4. The molecule has 3 aromatic rings. The smallest absolute Gasteiger partial charge is 0.311 e. The molecule has 0 unspecified atom stereocenters. The van der Waals surface area contributed by atoms with E-state index < -0.39 is 5.43 Å². The molecule has 0 aliphatic heterocycles. The zero-order valence-corrected chi connectivity index (χ0v) is 23.4. The van der Waals surface area contributed by atoms with Crippen molar-refractivity contribution in [2.45, 2.75) is 110 Å². The first kappa shape index (κ1) is 30.3. The van der Waals surface area contributed by atoms with Gasteiger partial charge in [-0.1, -0.05) is 109 Å². The lowest BCUT2D eigenvalue weighted by Gasteiger charge is -2.07. The van der Waals surface area contributed by atoms with Gasteiger partial charge >= 0.3 is 5.97 Å². The van der Waals surface area contributed by atoms with Crippen LogP contribution >= 0.6 is 0 Å². The molecule has 0 aliphatic carbocycles. The second kappa shape index (κ2) is 16.6. The minimum Gasteiger partial charge on any atom is -0.508 e. The Balaban J connectivity index is 1.29. The Morgan fingerprint density at radius 1 is 0.769 bits per heavy atom. The number of phenols is 2. The highest BCUT2D eigenvalue weighted by Gasteiger charge is 2.14. The van der Waals surface area contributed by atoms with E-state index in [1.807, 2.05) is 0 Å². The van der Waals surface area contributed by atoms with Gasteiger partial charge in [-0.3, -0.25) is 9.59 Å². The number of benzene rings is 2. The molecule has 39 heavy (non-hydrogen) atoms. The number of unbranched alkanes of at least 4 members (excludes halogenated alkanes) is 14. The highest BCUT2D eigenvalue weighted by atomic mass is 16.5. The van der Waals surface area contributed by atoms with Gasteiger partial charge in [-0.2, -0.15) is 0 Å². The highest BCUT2D eigenvalue weighted by molar-refractivity contribution is 5.88. The molecule has 0 saturated carbocycles. The first-order valence-electron chi connectivity index (χ1n) is 14.8. The summed E-state index contributed by atoms with van der Waals surface area (Å²) in [6, 6.07) is 9.00. The molecule has 6 heteroatoms. The lowest BCUT2D eigenvalue weighted by Crippen LogP contribution is -2.08. The summed E-state index contributed by atoms with van der Waals surface area (Å²) in [4.78, 5) is 25.1. The Labute approximate surface area is 232 Å². The van der Waals surface area contributed by atoms with Crippen LogP contribution in [0.1, 0.15) is 110 Å². The molecule has 1 aromatic heterocycles. The van der Waals surface area contributed by atoms with Crippen molar-refractivity contribution in [3.05, 3.63) is 52.9 Å². The maximum absolute atomic E-state index is 12.9. The van der Waals surface area contributed by atoms with Crippen molar-refractivity contribution in [1.82, 2.24) is 0 Å². The Morgan fingerprint density at radius 3 is 1.87 bits per heavy atom. The van der Waals surface area contributed by atoms with Crippen LogP contribution in [0.15, 0.2) is 51.9 Å². The minimum absolute atomic E-state index is 0.00398. The van der Waals surface area contributed by atoms with Gasteiger partial charge in [-0.25, -0.2) is 0 Å². The number of carbonyl (C=O) groups excluding carboxylic acids is 1. The van der Waals surface area contributed by atoms with Gasteiger partial charge in [0.2, 0.25) is 5.43 Å². The first-order valence-corrected chi connectivity index (χ1v) is 14.8. The second-order valence-electron chi connectivity index (χ2n) is 10.5. The van der Waals surface area contributed by atoms with Crippen LogP contribution in [0.25, 0.3) is 22.1 Å².